The first-order valence-corrected chi connectivity index (χ1v) is 20.4. The van der Waals surface area contributed by atoms with Gasteiger partial charge in [0, 0.05) is 6.54 Å². The molecule has 0 saturated carbocycles. The summed E-state index contributed by atoms with van der Waals surface area (Å²) in [5.41, 5.74) is 5.34. The molecule has 4 atom stereocenters. The first-order chi connectivity index (χ1) is 22.3. The minimum atomic E-state index is -4.37. The second-order valence-electron chi connectivity index (χ2n) is 13.0. The van der Waals surface area contributed by atoms with Crippen LogP contribution in [0.25, 0.3) is 0 Å². The van der Waals surface area contributed by atoms with Gasteiger partial charge in [-0.3, -0.25) is 13.8 Å². The largest absolute Gasteiger partial charge is 0.472 e. The number of phosphoric ester groups is 1. The van der Waals surface area contributed by atoms with E-state index in [1.54, 1.807) is 0 Å². The Balaban J connectivity index is 4.34. The number of nitrogens with one attached hydrogen (secondary N) is 1. The molecule has 0 radical (unpaired) electrons. The summed E-state index contributed by atoms with van der Waals surface area (Å²) >= 11 is 0. The van der Waals surface area contributed by atoms with Crippen molar-refractivity contribution in [3.05, 3.63) is 12.2 Å². The highest BCUT2D eigenvalue weighted by molar-refractivity contribution is 7.47. The van der Waals surface area contributed by atoms with Crippen LogP contribution in [-0.2, 0) is 18.4 Å². The molecule has 274 valence electrons. The smallest absolute Gasteiger partial charge is 0.393 e. The second-order valence-corrected chi connectivity index (χ2v) is 14.4. The highest BCUT2D eigenvalue weighted by Crippen LogP contribution is 2.43. The molecule has 46 heavy (non-hydrogen) atoms. The van der Waals surface area contributed by atoms with Gasteiger partial charge >= 0.3 is 7.82 Å². The van der Waals surface area contributed by atoms with Crippen molar-refractivity contribution in [1.82, 2.24) is 5.32 Å². The quantitative estimate of drug-likeness (QED) is 0.0254. The lowest BCUT2D eigenvalue weighted by Gasteiger charge is -2.25. The fraction of sp³-hybridized carbons (Fsp3) is 0.917. The molecule has 4 unspecified atom stereocenters. The van der Waals surface area contributed by atoms with E-state index >= 15 is 0 Å². The SMILES string of the molecule is CCCC/C=C\CCCCC(O)CC(=O)NC(COP(=O)(O)OCCN)C(O)CCCCCCCCCCCCCCCCCC. The summed E-state index contributed by atoms with van der Waals surface area (Å²) in [6, 6.07) is -0.897. The summed E-state index contributed by atoms with van der Waals surface area (Å²) in [5.74, 6) is -0.428. The number of amides is 1. The van der Waals surface area contributed by atoms with Crippen LogP contribution in [-0.4, -0.2) is 59.0 Å². The summed E-state index contributed by atoms with van der Waals surface area (Å²) in [6.07, 6.45) is 29.8. The fourth-order valence-electron chi connectivity index (χ4n) is 5.51. The molecule has 0 fully saturated rings. The van der Waals surface area contributed by atoms with Gasteiger partial charge in [-0.1, -0.05) is 148 Å². The van der Waals surface area contributed by atoms with Gasteiger partial charge in [-0.2, -0.15) is 0 Å². The molecule has 9 nitrogen and oxygen atoms in total. The van der Waals surface area contributed by atoms with E-state index in [2.05, 4.69) is 31.3 Å². The predicted octanol–water partition coefficient (Wildman–Crippen LogP) is 8.63. The van der Waals surface area contributed by atoms with E-state index in [0.29, 0.717) is 12.8 Å². The lowest BCUT2D eigenvalue weighted by molar-refractivity contribution is -0.125. The summed E-state index contributed by atoms with van der Waals surface area (Å²) < 4.78 is 22.0. The first kappa shape index (κ1) is 45.2. The van der Waals surface area contributed by atoms with Crippen LogP contribution in [0.15, 0.2) is 12.2 Å². The van der Waals surface area contributed by atoms with Crippen LogP contribution in [0.5, 0.6) is 0 Å². The number of carbonyl (C=O) groups is 1. The van der Waals surface area contributed by atoms with Crippen molar-refractivity contribution in [2.75, 3.05) is 19.8 Å². The third kappa shape index (κ3) is 30.5. The van der Waals surface area contributed by atoms with Crippen LogP contribution in [0.2, 0.25) is 0 Å². The maximum absolute atomic E-state index is 12.7. The lowest BCUT2D eigenvalue weighted by atomic mass is 10.0. The molecule has 0 saturated heterocycles. The Labute approximate surface area is 282 Å². The Morgan fingerprint density at radius 1 is 0.717 bits per heavy atom. The molecule has 6 N–H and O–H groups in total. The molecule has 0 aliphatic heterocycles. The predicted molar refractivity (Wildman–Crippen MR) is 191 cm³/mol. The third-order valence-corrected chi connectivity index (χ3v) is 9.41. The van der Waals surface area contributed by atoms with E-state index in [1.165, 1.54) is 96.3 Å². The second kappa shape index (κ2) is 32.7. The van der Waals surface area contributed by atoms with Gasteiger partial charge in [0.05, 0.1) is 37.9 Å². The molecule has 10 heteroatoms. The van der Waals surface area contributed by atoms with Crippen LogP contribution in [0.4, 0.5) is 0 Å². The highest BCUT2D eigenvalue weighted by Gasteiger charge is 2.28. The summed E-state index contributed by atoms with van der Waals surface area (Å²) in [4.78, 5) is 22.6. The van der Waals surface area contributed by atoms with Crippen LogP contribution in [0.1, 0.15) is 174 Å². The number of allylic oxidation sites excluding steroid dienone is 2. The minimum absolute atomic E-state index is 0.0585. The Kier molecular flexibility index (Phi) is 32.2. The number of unbranched alkanes of at least 4 members (excludes halogenated alkanes) is 19. The van der Waals surface area contributed by atoms with Gasteiger partial charge in [-0.15, -0.1) is 0 Å². The number of aliphatic hydroxyl groups excluding tert-OH is 2. The standard InChI is InChI=1S/C36H73N2O7P/c1-3-5-7-9-11-13-14-15-16-17-18-19-20-22-24-26-28-35(40)34(32-45-46(42,43)44-30-29-37)38-36(41)31-33(39)27-25-23-21-12-10-8-6-4-2/h10,12,33-35,39-40H,3-9,11,13-32,37H2,1-2H3,(H,38,41)(H,42,43)/b12-10-. The van der Waals surface area contributed by atoms with Gasteiger partial charge in [0.15, 0.2) is 0 Å². The van der Waals surface area contributed by atoms with E-state index in [4.69, 9.17) is 14.8 Å². The highest BCUT2D eigenvalue weighted by atomic mass is 31.2. The van der Waals surface area contributed by atoms with Gasteiger partial charge < -0.3 is 26.2 Å². The maximum atomic E-state index is 12.7. The number of aliphatic hydroxyl groups is 2. The van der Waals surface area contributed by atoms with Gasteiger partial charge in [0.25, 0.3) is 0 Å². The first-order valence-electron chi connectivity index (χ1n) is 18.9. The molecular weight excluding hydrogens is 603 g/mol. The van der Waals surface area contributed by atoms with Crippen molar-refractivity contribution >= 4 is 13.7 Å². The summed E-state index contributed by atoms with van der Waals surface area (Å²) in [6.45, 7) is 3.96. The molecule has 0 rings (SSSR count). The molecule has 0 aromatic heterocycles. The summed E-state index contributed by atoms with van der Waals surface area (Å²) in [5, 5.41) is 23.9. The molecule has 0 heterocycles. The Morgan fingerprint density at radius 2 is 1.20 bits per heavy atom. The molecule has 0 bridgehead atoms. The number of rotatable bonds is 35. The molecule has 1 amide bonds. The van der Waals surface area contributed by atoms with Crippen molar-refractivity contribution in [2.45, 2.75) is 193 Å². The lowest BCUT2D eigenvalue weighted by Crippen LogP contribution is -2.47. The van der Waals surface area contributed by atoms with E-state index in [-0.39, 0.29) is 26.2 Å². The zero-order chi connectivity index (χ0) is 34.1. The van der Waals surface area contributed by atoms with Gasteiger partial charge in [0.1, 0.15) is 0 Å². The number of hydrogen-bond donors (Lipinski definition) is 5. The Morgan fingerprint density at radius 3 is 1.72 bits per heavy atom. The van der Waals surface area contributed by atoms with E-state index in [9.17, 15) is 24.5 Å². The Bertz CT molecular complexity index is 756. The van der Waals surface area contributed by atoms with Gasteiger partial charge in [-0.25, -0.2) is 4.57 Å². The number of nitrogens with two attached hydrogens (primary N) is 1. The zero-order valence-electron chi connectivity index (χ0n) is 29.7. The number of carbonyl (C=O) groups excluding carboxylic acids is 1. The third-order valence-electron chi connectivity index (χ3n) is 8.42. The molecule has 0 aliphatic carbocycles. The van der Waals surface area contributed by atoms with Crippen molar-refractivity contribution in [3.8, 4) is 0 Å². The van der Waals surface area contributed by atoms with Crippen LogP contribution >= 0.6 is 7.82 Å². The van der Waals surface area contributed by atoms with Crippen molar-refractivity contribution in [2.24, 2.45) is 5.73 Å². The number of phosphoric acid groups is 1. The van der Waals surface area contributed by atoms with Crippen LogP contribution in [0.3, 0.4) is 0 Å². The Hall–Kier alpha value is -0.800. The van der Waals surface area contributed by atoms with Crippen LogP contribution in [0, 0.1) is 0 Å². The van der Waals surface area contributed by atoms with Crippen molar-refractivity contribution < 1.29 is 33.5 Å². The van der Waals surface area contributed by atoms with Crippen molar-refractivity contribution in [1.29, 1.82) is 0 Å². The fourth-order valence-corrected chi connectivity index (χ4v) is 6.27. The van der Waals surface area contributed by atoms with Gasteiger partial charge in [-0.05, 0) is 32.1 Å². The average Bonchev–Trinajstić information content (AvgIpc) is 3.03. The van der Waals surface area contributed by atoms with Crippen LogP contribution < -0.4 is 11.1 Å². The molecule has 0 spiro atoms. The maximum Gasteiger partial charge on any atom is 0.472 e. The molecule has 0 aromatic rings. The zero-order valence-corrected chi connectivity index (χ0v) is 30.6. The summed E-state index contributed by atoms with van der Waals surface area (Å²) in [7, 11) is -4.37. The van der Waals surface area contributed by atoms with E-state index < -0.39 is 32.0 Å². The molecule has 0 aliphatic rings. The normalized spacial score (nSPS) is 15.2. The van der Waals surface area contributed by atoms with E-state index in [1.807, 2.05) is 0 Å². The molecule has 0 aromatic carbocycles. The molecular formula is C36H73N2O7P. The monoisotopic (exact) mass is 677 g/mol. The minimum Gasteiger partial charge on any atom is -0.393 e. The van der Waals surface area contributed by atoms with Gasteiger partial charge in [0.2, 0.25) is 5.91 Å². The topological polar surface area (TPSA) is 151 Å². The average molecular weight is 677 g/mol. The van der Waals surface area contributed by atoms with Crippen molar-refractivity contribution in [3.63, 3.8) is 0 Å². The van der Waals surface area contributed by atoms with E-state index in [0.717, 1.165) is 44.9 Å². The number of hydrogen-bond acceptors (Lipinski definition) is 7.